The molecule has 1 amide bonds. The lowest BCUT2D eigenvalue weighted by Crippen LogP contribution is -2.47. The van der Waals surface area contributed by atoms with Gasteiger partial charge in [0, 0.05) is 25.2 Å². The molecule has 0 unspecified atom stereocenters. The van der Waals surface area contributed by atoms with Crippen molar-refractivity contribution in [2.75, 3.05) is 19.6 Å². The summed E-state index contributed by atoms with van der Waals surface area (Å²) in [7, 11) is 0. The van der Waals surface area contributed by atoms with Gasteiger partial charge >= 0.3 is 0 Å². The highest BCUT2D eigenvalue weighted by atomic mass is 35.5. The summed E-state index contributed by atoms with van der Waals surface area (Å²) < 4.78 is 0. The summed E-state index contributed by atoms with van der Waals surface area (Å²) in [6.45, 7) is 2.53. The number of hydrogen-bond acceptors (Lipinski definition) is 3. The van der Waals surface area contributed by atoms with Gasteiger partial charge in [0.1, 0.15) is 10.3 Å². The van der Waals surface area contributed by atoms with Gasteiger partial charge < -0.3 is 5.32 Å². The molecule has 0 aromatic carbocycles. The number of nitrogens with zero attached hydrogens (tertiary/aromatic N) is 2. The summed E-state index contributed by atoms with van der Waals surface area (Å²) >= 11 is 11.7. The van der Waals surface area contributed by atoms with Gasteiger partial charge in [0.2, 0.25) is 5.91 Å². The molecule has 16 heavy (non-hydrogen) atoms. The van der Waals surface area contributed by atoms with Crippen molar-refractivity contribution in [1.29, 1.82) is 0 Å². The number of hydrogen-bond donors (Lipinski definition) is 1. The van der Waals surface area contributed by atoms with Crippen LogP contribution in [0.3, 0.4) is 0 Å². The number of carbonyl (C=O) groups is 1. The summed E-state index contributed by atoms with van der Waals surface area (Å²) in [6, 6.07) is 3.54. The maximum atomic E-state index is 11.2. The molecule has 2 heterocycles. The van der Waals surface area contributed by atoms with Gasteiger partial charge in [-0.3, -0.25) is 9.69 Å². The average molecular weight is 260 g/mol. The van der Waals surface area contributed by atoms with Crippen molar-refractivity contribution in [1.82, 2.24) is 15.2 Å². The molecule has 1 N–H and O–H groups in total. The van der Waals surface area contributed by atoms with Crippen LogP contribution in [-0.4, -0.2) is 35.4 Å². The number of aromatic nitrogens is 1. The van der Waals surface area contributed by atoms with Crippen LogP contribution >= 0.6 is 23.2 Å². The molecule has 0 aliphatic carbocycles. The Morgan fingerprint density at radius 2 is 2.25 bits per heavy atom. The van der Waals surface area contributed by atoms with Crippen molar-refractivity contribution in [3.05, 3.63) is 28.0 Å². The van der Waals surface area contributed by atoms with E-state index < -0.39 is 0 Å². The second-order valence-corrected chi connectivity index (χ2v) is 4.39. The number of rotatable bonds is 2. The molecule has 1 saturated heterocycles. The Labute approximate surface area is 104 Å². The van der Waals surface area contributed by atoms with Crippen molar-refractivity contribution in [2.24, 2.45) is 0 Å². The van der Waals surface area contributed by atoms with Crippen molar-refractivity contribution in [3.8, 4) is 0 Å². The van der Waals surface area contributed by atoms with E-state index in [0.29, 0.717) is 29.9 Å². The molecule has 4 nitrogen and oxygen atoms in total. The Balaban J connectivity index is 2.05. The van der Waals surface area contributed by atoms with E-state index in [2.05, 4.69) is 10.3 Å². The third-order valence-electron chi connectivity index (χ3n) is 2.40. The highest BCUT2D eigenvalue weighted by Gasteiger charge is 2.17. The fourth-order valence-corrected chi connectivity index (χ4v) is 2.03. The summed E-state index contributed by atoms with van der Waals surface area (Å²) in [4.78, 5) is 17.2. The largest absolute Gasteiger partial charge is 0.354 e. The SMILES string of the molecule is O=C1CN(Cc2ccc(Cl)nc2Cl)CCN1. The van der Waals surface area contributed by atoms with Gasteiger partial charge in [0.05, 0.1) is 6.54 Å². The lowest BCUT2D eigenvalue weighted by atomic mass is 10.2. The highest BCUT2D eigenvalue weighted by molar-refractivity contribution is 6.32. The molecule has 6 heteroatoms. The monoisotopic (exact) mass is 259 g/mol. The van der Waals surface area contributed by atoms with Crippen molar-refractivity contribution < 1.29 is 4.79 Å². The van der Waals surface area contributed by atoms with Gasteiger partial charge in [-0.05, 0) is 6.07 Å². The fourth-order valence-electron chi connectivity index (χ4n) is 1.63. The minimum atomic E-state index is 0.0456. The number of amides is 1. The third-order valence-corrected chi connectivity index (χ3v) is 2.94. The topological polar surface area (TPSA) is 45.2 Å². The van der Waals surface area contributed by atoms with Crippen LogP contribution in [0.1, 0.15) is 5.56 Å². The minimum absolute atomic E-state index is 0.0456. The van der Waals surface area contributed by atoms with Gasteiger partial charge in [0.25, 0.3) is 0 Å². The predicted molar refractivity (Wildman–Crippen MR) is 62.5 cm³/mol. The van der Waals surface area contributed by atoms with Gasteiger partial charge in [-0.2, -0.15) is 0 Å². The van der Waals surface area contributed by atoms with Crippen LogP contribution in [0.5, 0.6) is 0 Å². The normalized spacial score (nSPS) is 17.2. The first-order chi connectivity index (χ1) is 7.65. The second kappa shape index (κ2) is 4.99. The molecule has 1 aliphatic heterocycles. The predicted octanol–water partition coefficient (Wildman–Crippen LogP) is 1.32. The first-order valence-electron chi connectivity index (χ1n) is 4.95. The number of halogens is 2. The molecule has 0 spiro atoms. The molecular formula is C10H11Cl2N3O. The van der Waals surface area contributed by atoms with E-state index in [9.17, 15) is 4.79 Å². The maximum absolute atomic E-state index is 11.2. The van der Waals surface area contributed by atoms with Crippen LogP contribution in [0.2, 0.25) is 10.3 Å². The summed E-state index contributed by atoms with van der Waals surface area (Å²) in [6.07, 6.45) is 0. The maximum Gasteiger partial charge on any atom is 0.234 e. The fraction of sp³-hybridized carbons (Fsp3) is 0.400. The first kappa shape index (κ1) is 11.6. The Hall–Kier alpha value is -0.840. The van der Waals surface area contributed by atoms with Crippen LogP contribution in [0.15, 0.2) is 12.1 Å². The van der Waals surface area contributed by atoms with Crippen LogP contribution in [0, 0.1) is 0 Å². The molecule has 1 fully saturated rings. The zero-order valence-electron chi connectivity index (χ0n) is 8.54. The highest BCUT2D eigenvalue weighted by Crippen LogP contribution is 2.18. The van der Waals surface area contributed by atoms with Crippen molar-refractivity contribution in [2.45, 2.75) is 6.54 Å². The number of piperazine rings is 1. The molecule has 0 bridgehead atoms. The molecule has 2 rings (SSSR count). The lowest BCUT2D eigenvalue weighted by Gasteiger charge is -2.26. The molecule has 0 atom stereocenters. The Bertz CT molecular complexity index is 411. The third kappa shape index (κ3) is 2.84. The lowest BCUT2D eigenvalue weighted by molar-refractivity contribution is -0.124. The Morgan fingerprint density at radius 3 is 2.94 bits per heavy atom. The zero-order valence-corrected chi connectivity index (χ0v) is 10.1. The second-order valence-electron chi connectivity index (χ2n) is 3.64. The molecular weight excluding hydrogens is 249 g/mol. The van der Waals surface area contributed by atoms with Crippen LogP contribution in [0.4, 0.5) is 0 Å². The van der Waals surface area contributed by atoms with Gasteiger partial charge in [-0.15, -0.1) is 0 Å². The molecule has 86 valence electrons. The number of pyridine rings is 1. The van der Waals surface area contributed by atoms with E-state index in [1.165, 1.54) is 0 Å². The molecule has 1 aromatic rings. The summed E-state index contributed by atoms with van der Waals surface area (Å²) in [5, 5.41) is 3.55. The standard InChI is InChI=1S/C10H11Cl2N3O/c11-8-2-1-7(10(12)14-8)5-15-4-3-13-9(16)6-15/h1-2H,3-6H2,(H,13,16). The van der Waals surface area contributed by atoms with Crippen molar-refractivity contribution >= 4 is 29.1 Å². The van der Waals surface area contributed by atoms with E-state index in [0.717, 1.165) is 12.1 Å². The van der Waals surface area contributed by atoms with E-state index in [1.54, 1.807) is 6.07 Å². The first-order valence-corrected chi connectivity index (χ1v) is 5.71. The van der Waals surface area contributed by atoms with Crippen molar-refractivity contribution in [3.63, 3.8) is 0 Å². The summed E-state index contributed by atoms with van der Waals surface area (Å²) in [5.41, 5.74) is 0.890. The Kier molecular flexibility index (Phi) is 3.63. The van der Waals surface area contributed by atoms with Crippen LogP contribution < -0.4 is 5.32 Å². The Morgan fingerprint density at radius 1 is 1.44 bits per heavy atom. The summed E-state index contributed by atoms with van der Waals surface area (Å²) in [5.74, 6) is 0.0456. The quantitative estimate of drug-likeness (QED) is 0.816. The van der Waals surface area contributed by atoms with Gasteiger partial charge in [-0.25, -0.2) is 4.98 Å². The average Bonchev–Trinajstić information content (AvgIpc) is 2.22. The van der Waals surface area contributed by atoms with Gasteiger partial charge in [-0.1, -0.05) is 29.3 Å². The van der Waals surface area contributed by atoms with Crippen LogP contribution in [0.25, 0.3) is 0 Å². The van der Waals surface area contributed by atoms with E-state index in [-0.39, 0.29) is 5.91 Å². The molecule has 0 radical (unpaired) electrons. The van der Waals surface area contributed by atoms with E-state index in [4.69, 9.17) is 23.2 Å². The van der Waals surface area contributed by atoms with E-state index >= 15 is 0 Å². The molecule has 1 aromatic heterocycles. The van der Waals surface area contributed by atoms with Gasteiger partial charge in [0.15, 0.2) is 0 Å². The number of carbonyl (C=O) groups excluding carboxylic acids is 1. The minimum Gasteiger partial charge on any atom is -0.354 e. The number of nitrogens with one attached hydrogen (secondary N) is 1. The molecule has 1 aliphatic rings. The van der Waals surface area contributed by atoms with E-state index in [1.807, 2.05) is 11.0 Å². The zero-order chi connectivity index (χ0) is 11.5. The smallest absolute Gasteiger partial charge is 0.234 e. The van der Waals surface area contributed by atoms with Crippen LogP contribution in [-0.2, 0) is 11.3 Å². The molecule has 0 saturated carbocycles.